The molecule has 0 aliphatic rings. The molecule has 2 rings (SSSR count). The summed E-state index contributed by atoms with van der Waals surface area (Å²) < 4.78 is 5.23. The fraction of sp³-hybridized carbons (Fsp3) is 0.235. The number of nitrogens with zero attached hydrogens (tertiary/aromatic N) is 1. The van der Waals surface area contributed by atoms with E-state index < -0.39 is 5.97 Å². The Morgan fingerprint density at radius 3 is 2.48 bits per heavy atom. The zero-order valence-electron chi connectivity index (χ0n) is 11.9. The van der Waals surface area contributed by atoms with Crippen molar-refractivity contribution in [3.8, 4) is 5.75 Å². The van der Waals surface area contributed by atoms with E-state index >= 15 is 0 Å². The molecule has 1 aromatic carbocycles. The van der Waals surface area contributed by atoms with Crippen molar-refractivity contribution < 1.29 is 14.3 Å². The van der Waals surface area contributed by atoms with Gasteiger partial charge in [0.1, 0.15) is 5.75 Å². The first-order valence-corrected chi connectivity index (χ1v) is 6.96. The first-order chi connectivity index (χ1) is 10.2. The molecule has 4 nitrogen and oxygen atoms in total. The number of Topliss-reactive ketones (excluding diaryl/α,β-unsaturated/α-hetero) is 1. The number of hydrogen-bond donors (Lipinski definition) is 0. The van der Waals surface area contributed by atoms with Crippen molar-refractivity contribution in [2.45, 2.75) is 26.2 Å². The van der Waals surface area contributed by atoms with E-state index in [1.54, 1.807) is 42.6 Å². The van der Waals surface area contributed by atoms with Crippen LogP contribution in [-0.2, 0) is 0 Å². The summed E-state index contributed by atoms with van der Waals surface area (Å²) in [6.07, 6.45) is 5.47. The van der Waals surface area contributed by atoms with Gasteiger partial charge in [0.05, 0.1) is 5.56 Å². The number of rotatable bonds is 6. The van der Waals surface area contributed by atoms with Crippen LogP contribution in [-0.4, -0.2) is 16.7 Å². The van der Waals surface area contributed by atoms with Crippen molar-refractivity contribution in [3.05, 3.63) is 59.9 Å². The number of ketones is 1. The minimum Gasteiger partial charge on any atom is -0.423 e. The van der Waals surface area contributed by atoms with E-state index in [2.05, 4.69) is 4.98 Å². The predicted molar refractivity (Wildman–Crippen MR) is 79.5 cm³/mol. The lowest BCUT2D eigenvalue weighted by Gasteiger charge is -2.05. The zero-order valence-corrected chi connectivity index (χ0v) is 11.9. The molecule has 1 heterocycles. The number of aromatic nitrogens is 1. The lowest BCUT2D eigenvalue weighted by Crippen LogP contribution is -2.08. The van der Waals surface area contributed by atoms with Gasteiger partial charge in [-0.15, -0.1) is 0 Å². The van der Waals surface area contributed by atoms with Gasteiger partial charge in [0.25, 0.3) is 0 Å². The molecular formula is C17H17NO3. The van der Waals surface area contributed by atoms with Crippen molar-refractivity contribution in [1.82, 2.24) is 4.98 Å². The van der Waals surface area contributed by atoms with Gasteiger partial charge in [-0.2, -0.15) is 0 Å². The molecule has 0 saturated carbocycles. The molecule has 0 amide bonds. The molecule has 2 aromatic rings. The molecule has 0 spiro atoms. The van der Waals surface area contributed by atoms with Gasteiger partial charge in [-0.05, 0) is 42.8 Å². The molecule has 0 aliphatic carbocycles. The fourth-order valence-electron chi connectivity index (χ4n) is 1.84. The SMILES string of the molecule is CCCCC(=O)c1ccc(OC(=O)c2cccnc2)cc1. The van der Waals surface area contributed by atoms with E-state index in [-0.39, 0.29) is 5.78 Å². The Kier molecular flexibility index (Phi) is 5.21. The Morgan fingerprint density at radius 1 is 1.10 bits per heavy atom. The average Bonchev–Trinajstić information content (AvgIpc) is 2.54. The van der Waals surface area contributed by atoms with Crippen LogP contribution in [0.3, 0.4) is 0 Å². The highest BCUT2D eigenvalue weighted by molar-refractivity contribution is 5.96. The van der Waals surface area contributed by atoms with Crippen LogP contribution < -0.4 is 4.74 Å². The standard InChI is InChI=1S/C17H17NO3/c1-2-3-6-16(19)13-7-9-15(10-8-13)21-17(20)14-5-4-11-18-12-14/h4-5,7-12H,2-3,6H2,1H3. The molecule has 0 saturated heterocycles. The average molecular weight is 283 g/mol. The van der Waals surface area contributed by atoms with Gasteiger partial charge in [-0.1, -0.05) is 13.3 Å². The van der Waals surface area contributed by atoms with Crippen LogP contribution in [0.15, 0.2) is 48.8 Å². The number of hydrogen-bond acceptors (Lipinski definition) is 4. The Morgan fingerprint density at radius 2 is 1.86 bits per heavy atom. The highest BCUT2D eigenvalue weighted by atomic mass is 16.5. The van der Waals surface area contributed by atoms with Crippen LogP contribution in [0.25, 0.3) is 0 Å². The largest absolute Gasteiger partial charge is 0.423 e. The van der Waals surface area contributed by atoms with Gasteiger partial charge in [-0.3, -0.25) is 9.78 Å². The lowest BCUT2D eigenvalue weighted by molar-refractivity contribution is 0.0734. The summed E-state index contributed by atoms with van der Waals surface area (Å²) in [5.74, 6) is 0.0611. The molecule has 0 N–H and O–H groups in total. The summed E-state index contributed by atoms with van der Waals surface area (Å²) in [5, 5.41) is 0. The first kappa shape index (κ1) is 14.9. The number of carbonyl (C=O) groups is 2. The topological polar surface area (TPSA) is 56.3 Å². The van der Waals surface area contributed by atoms with E-state index in [0.29, 0.717) is 23.3 Å². The van der Waals surface area contributed by atoms with E-state index in [0.717, 1.165) is 12.8 Å². The van der Waals surface area contributed by atoms with Gasteiger partial charge in [-0.25, -0.2) is 4.79 Å². The number of pyridine rings is 1. The van der Waals surface area contributed by atoms with Crippen LogP contribution in [0.5, 0.6) is 5.75 Å². The van der Waals surface area contributed by atoms with Crippen LogP contribution in [0.2, 0.25) is 0 Å². The highest BCUT2D eigenvalue weighted by Crippen LogP contribution is 2.16. The Balaban J connectivity index is 1.99. The van der Waals surface area contributed by atoms with Crippen molar-refractivity contribution in [1.29, 1.82) is 0 Å². The van der Waals surface area contributed by atoms with E-state index in [1.165, 1.54) is 6.20 Å². The van der Waals surface area contributed by atoms with Gasteiger partial charge in [0.15, 0.2) is 5.78 Å². The highest BCUT2D eigenvalue weighted by Gasteiger charge is 2.09. The number of carbonyl (C=O) groups excluding carboxylic acids is 2. The quantitative estimate of drug-likeness (QED) is 0.461. The second-order valence-corrected chi connectivity index (χ2v) is 4.68. The fourth-order valence-corrected chi connectivity index (χ4v) is 1.84. The summed E-state index contributed by atoms with van der Waals surface area (Å²) in [6, 6.07) is 9.94. The Hall–Kier alpha value is -2.49. The molecule has 0 radical (unpaired) electrons. The van der Waals surface area contributed by atoms with E-state index in [1.807, 2.05) is 6.92 Å². The molecule has 0 bridgehead atoms. The molecule has 0 aliphatic heterocycles. The molecule has 4 heteroatoms. The summed E-state index contributed by atoms with van der Waals surface area (Å²) in [7, 11) is 0. The second-order valence-electron chi connectivity index (χ2n) is 4.68. The van der Waals surface area contributed by atoms with Crippen molar-refractivity contribution >= 4 is 11.8 Å². The molecular weight excluding hydrogens is 266 g/mol. The summed E-state index contributed by atoms with van der Waals surface area (Å²) in [4.78, 5) is 27.6. The maximum atomic E-state index is 11.8. The summed E-state index contributed by atoms with van der Waals surface area (Å²) in [5.41, 5.74) is 1.03. The van der Waals surface area contributed by atoms with Crippen molar-refractivity contribution in [2.24, 2.45) is 0 Å². The molecule has 0 atom stereocenters. The van der Waals surface area contributed by atoms with Crippen LogP contribution in [0.4, 0.5) is 0 Å². The Bertz CT molecular complexity index is 606. The third kappa shape index (κ3) is 4.24. The second kappa shape index (κ2) is 7.33. The molecule has 21 heavy (non-hydrogen) atoms. The van der Waals surface area contributed by atoms with Gasteiger partial charge in [0.2, 0.25) is 0 Å². The van der Waals surface area contributed by atoms with E-state index in [9.17, 15) is 9.59 Å². The lowest BCUT2D eigenvalue weighted by atomic mass is 10.1. The van der Waals surface area contributed by atoms with Crippen LogP contribution >= 0.6 is 0 Å². The number of ether oxygens (including phenoxy) is 1. The minimum atomic E-state index is -0.465. The monoisotopic (exact) mass is 283 g/mol. The maximum absolute atomic E-state index is 11.8. The zero-order chi connectivity index (χ0) is 15.1. The summed E-state index contributed by atoms with van der Waals surface area (Å²) in [6.45, 7) is 2.05. The Labute approximate surface area is 123 Å². The normalized spacial score (nSPS) is 10.1. The molecule has 1 aromatic heterocycles. The molecule has 108 valence electrons. The first-order valence-electron chi connectivity index (χ1n) is 6.96. The number of esters is 1. The molecule has 0 fully saturated rings. The minimum absolute atomic E-state index is 0.113. The predicted octanol–water partition coefficient (Wildman–Crippen LogP) is 3.67. The van der Waals surface area contributed by atoms with Crippen LogP contribution in [0.1, 0.15) is 46.9 Å². The summed E-state index contributed by atoms with van der Waals surface area (Å²) >= 11 is 0. The van der Waals surface area contributed by atoms with Crippen molar-refractivity contribution in [2.75, 3.05) is 0 Å². The maximum Gasteiger partial charge on any atom is 0.345 e. The van der Waals surface area contributed by atoms with Gasteiger partial charge in [0, 0.05) is 24.4 Å². The molecule has 0 unspecified atom stereocenters. The number of unbranched alkanes of at least 4 members (excludes halogenated alkanes) is 1. The van der Waals surface area contributed by atoms with Gasteiger partial charge < -0.3 is 4.74 Å². The van der Waals surface area contributed by atoms with Crippen molar-refractivity contribution in [3.63, 3.8) is 0 Å². The van der Waals surface area contributed by atoms with Crippen LogP contribution in [0, 0.1) is 0 Å². The van der Waals surface area contributed by atoms with E-state index in [4.69, 9.17) is 4.74 Å². The third-order valence-corrected chi connectivity index (χ3v) is 3.04. The number of benzene rings is 1. The third-order valence-electron chi connectivity index (χ3n) is 3.04. The smallest absolute Gasteiger partial charge is 0.345 e. The van der Waals surface area contributed by atoms with Gasteiger partial charge >= 0.3 is 5.97 Å².